The zero-order valence-electron chi connectivity index (χ0n) is 5.95. The third-order valence-electron chi connectivity index (χ3n) is 1.07. The van der Waals surface area contributed by atoms with Crippen LogP contribution in [0.3, 0.4) is 0 Å². The summed E-state index contributed by atoms with van der Waals surface area (Å²) in [6.07, 6.45) is 3.14. The Hall–Kier alpha value is -1.65. The molecule has 0 saturated carbocycles. The normalized spacial score (nSPS) is 9.09. The van der Waals surface area contributed by atoms with E-state index < -0.39 is 0 Å². The van der Waals surface area contributed by atoms with Crippen molar-refractivity contribution in [1.29, 1.82) is 0 Å². The Balaban J connectivity index is 2.30. The van der Waals surface area contributed by atoms with Gasteiger partial charge in [-0.3, -0.25) is 0 Å². The van der Waals surface area contributed by atoms with E-state index in [0.29, 0.717) is 6.67 Å². The van der Waals surface area contributed by atoms with Crippen molar-refractivity contribution in [2.24, 2.45) is 16.5 Å². The van der Waals surface area contributed by atoms with E-state index >= 15 is 0 Å². The van der Waals surface area contributed by atoms with Crippen molar-refractivity contribution >= 4 is 11.6 Å². The van der Waals surface area contributed by atoms with Crippen molar-refractivity contribution < 1.29 is 4.42 Å². The van der Waals surface area contributed by atoms with Gasteiger partial charge >= 0.3 is 0 Å². The van der Waals surface area contributed by atoms with Crippen molar-refractivity contribution in [2.75, 3.05) is 12.0 Å². The molecular weight excluding hydrogens is 144 g/mol. The van der Waals surface area contributed by atoms with Gasteiger partial charge in [-0.05, 0) is 6.07 Å². The molecule has 0 amide bonds. The highest BCUT2D eigenvalue weighted by molar-refractivity contribution is 5.75. The molecule has 0 unspecified atom stereocenters. The molecule has 0 aliphatic carbocycles. The molecule has 11 heavy (non-hydrogen) atoms. The van der Waals surface area contributed by atoms with Crippen molar-refractivity contribution in [3.63, 3.8) is 0 Å². The Morgan fingerprint density at radius 1 is 1.64 bits per heavy atom. The number of hydrogen-bond acceptors (Lipinski definition) is 3. The van der Waals surface area contributed by atoms with Crippen LogP contribution in [0.2, 0.25) is 0 Å². The van der Waals surface area contributed by atoms with Gasteiger partial charge in [0, 0.05) is 0 Å². The second-order valence-corrected chi connectivity index (χ2v) is 1.93. The van der Waals surface area contributed by atoms with Gasteiger partial charge in [0.2, 0.25) is 0 Å². The van der Waals surface area contributed by atoms with Gasteiger partial charge in [0.05, 0.1) is 12.0 Å². The lowest BCUT2D eigenvalue weighted by Crippen LogP contribution is -2.23. The van der Waals surface area contributed by atoms with Crippen molar-refractivity contribution in [1.82, 2.24) is 0 Å². The molecule has 1 aromatic rings. The van der Waals surface area contributed by atoms with Crippen LogP contribution in [-0.4, -0.2) is 12.6 Å². The first kappa shape index (κ1) is 7.46. The maximum Gasteiger partial charge on any atom is 0.187 e. The van der Waals surface area contributed by atoms with Crippen LogP contribution in [0, 0.1) is 0 Å². The third-order valence-corrected chi connectivity index (χ3v) is 1.07. The molecule has 1 heterocycles. The standard InChI is InChI=1S/C6H10N4O/c7-6(8)10-4-9-5-1-2-11-3-5/h1-3,9H,4H2,(H4,7,8,10). The summed E-state index contributed by atoms with van der Waals surface area (Å²) in [6, 6.07) is 1.78. The summed E-state index contributed by atoms with van der Waals surface area (Å²) in [6.45, 7) is 0.363. The van der Waals surface area contributed by atoms with Gasteiger partial charge < -0.3 is 21.2 Å². The van der Waals surface area contributed by atoms with E-state index in [2.05, 4.69) is 10.3 Å². The average molecular weight is 154 g/mol. The summed E-state index contributed by atoms with van der Waals surface area (Å²) in [5.41, 5.74) is 11.0. The summed E-state index contributed by atoms with van der Waals surface area (Å²) >= 11 is 0. The molecular formula is C6H10N4O. The van der Waals surface area contributed by atoms with Crippen LogP contribution in [0.4, 0.5) is 5.69 Å². The van der Waals surface area contributed by atoms with Crippen LogP contribution in [0.25, 0.3) is 0 Å². The average Bonchev–Trinajstić information content (AvgIpc) is 2.39. The smallest absolute Gasteiger partial charge is 0.187 e. The maximum atomic E-state index is 5.10. The van der Waals surface area contributed by atoms with Gasteiger partial charge in [0.25, 0.3) is 0 Å². The van der Waals surface area contributed by atoms with Crippen LogP contribution in [0.1, 0.15) is 0 Å². The van der Waals surface area contributed by atoms with E-state index in [0.717, 1.165) is 5.69 Å². The van der Waals surface area contributed by atoms with E-state index in [-0.39, 0.29) is 5.96 Å². The zero-order valence-corrected chi connectivity index (χ0v) is 5.95. The SMILES string of the molecule is NC(N)=NCNc1ccoc1. The quantitative estimate of drug-likeness (QED) is 0.419. The van der Waals surface area contributed by atoms with E-state index in [1.165, 1.54) is 0 Å². The Morgan fingerprint density at radius 3 is 3.00 bits per heavy atom. The van der Waals surface area contributed by atoms with Crippen molar-refractivity contribution in [3.8, 4) is 0 Å². The highest BCUT2D eigenvalue weighted by atomic mass is 16.3. The fourth-order valence-corrected chi connectivity index (χ4v) is 0.587. The molecule has 0 radical (unpaired) electrons. The monoisotopic (exact) mass is 154 g/mol. The second-order valence-electron chi connectivity index (χ2n) is 1.93. The fourth-order valence-electron chi connectivity index (χ4n) is 0.587. The lowest BCUT2D eigenvalue weighted by atomic mass is 10.5. The van der Waals surface area contributed by atoms with Gasteiger partial charge in [0.1, 0.15) is 12.9 Å². The predicted molar refractivity (Wildman–Crippen MR) is 43.0 cm³/mol. The maximum absolute atomic E-state index is 5.10. The fraction of sp³-hybridized carbons (Fsp3) is 0.167. The second kappa shape index (κ2) is 3.50. The summed E-state index contributed by atoms with van der Waals surface area (Å²) in [5.74, 6) is 0.0704. The Labute approximate surface area is 64.1 Å². The summed E-state index contributed by atoms with van der Waals surface area (Å²) < 4.78 is 4.80. The number of rotatable bonds is 3. The van der Waals surface area contributed by atoms with Crippen LogP contribution < -0.4 is 16.8 Å². The molecule has 0 atom stereocenters. The van der Waals surface area contributed by atoms with Crippen LogP contribution in [0.5, 0.6) is 0 Å². The summed E-state index contributed by atoms with van der Waals surface area (Å²) in [7, 11) is 0. The number of nitrogens with one attached hydrogen (secondary N) is 1. The first-order valence-electron chi connectivity index (χ1n) is 3.10. The third kappa shape index (κ3) is 2.61. The van der Waals surface area contributed by atoms with E-state index in [1.54, 1.807) is 18.6 Å². The Morgan fingerprint density at radius 2 is 2.45 bits per heavy atom. The minimum atomic E-state index is 0.0704. The zero-order chi connectivity index (χ0) is 8.10. The van der Waals surface area contributed by atoms with Crippen molar-refractivity contribution in [3.05, 3.63) is 18.6 Å². The number of aliphatic imine (C=N–C) groups is 1. The number of guanidine groups is 1. The van der Waals surface area contributed by atoms with Crippen LogP contribution in [-0.2, 0) is 0 Å². The molecule has 5 heteroatoms. The highest BCUT2D eigenvalue weighted by Crippen LogP contribution is 2.04. The molecule has 0 aliphatic rings. The van der Waals surface area contributed by atoms with Gasteiger partial charge in [-0.25, -0.2) is 4.99 Å². The number of anilines is 1. The summed E-state index contributed by atoms with van der Waals surface area (Å²) in [4.78, 5) is 3.72. The number of furan rings is 1. The van der Waals surface area contributed by atoms with Gasteiger partial charge in [-0.2, -0.15) is 0 Å². The highest BCUT2D eigenvalue weighted by Gasteiger charge is 1.88. The van der Waals surface area contributed by atoms with Crippen LogP contribution in [0.15, 0.2) is 28.0 Å². The van der Waals surface area contributed by atoms with E-state index in [1.807, 2.05) is 0 Å². The first-order chi connectivity index (χ1) is 5.29. The molecule has 1 aromatic heterocycles. The predicted octanol–water partition coefficient (Wildman–Crippen LogP) is -0.0776. The minimum absolute atomic E-state index is 0.0704. The number of nitrogens with zero attached hydrogens (tertiary/aromatic N) is 1. The largest absolute Gasteiger partial charge is 0.470 e. The van der Waals surface area contributed by atoms with Gasteiger partial charge in [0.15, 0.2) is 5.96 Å². The molecule has 0 saturated heterocycles. The van der Waals surface area contributed by atoms with E-state index in [4.69, 9.17) is 15.9 Å². The molecule has 0 spiro atoms. The molecule has 5 nitrogen and oxygen atoms in total. The first-order valence-corrected chi connectivity index (χ1v) is 3.10. The molecule has 1 rings (SSSR count). The van der Waals surface area contributed by atoms with Gasteiger partial charge in [-0.1, -0.05) is 0 Å². The Bertz CT molecular complexity index is 225. The topological polar surface area (TPSA) is 89.6 Å². The van der Waals surface area contributed by atoms with Crippen LogP contribution >= 0.6 is 0 Å². The molecule has 0 aliphatic heterocycles. The molecule has 0 bridgehead atoms. The minimum Gasteiger partial charge on any atom is -0.470 e. The molecule has 0 fully saturated rings. The Kier molecular flexibility index (Phi) is 2.37. The lowest BCUT2D eigenvalue weighted by molar-refractivity contribution is 0.568. The number of hydrogen-bond donors (Lipinski definition) is 3. The number of nitrogens with two attached hydrogens (primary N) is 2. The molecule has 0 aromatic carbocycles. The molecule has 60 valence electrons. The summed E-state index contributed by atoms with van der Waals surface area (Å²) in [5, 5.41) is 2.91. The molecule has 5 N–H and O–H groups in total. The van der Waals surface area contributed by atoms with E-state index in [9.17, 15) is 0 Å². The van der Waals surface area contributed by atoms with Gasteiger partial charge in [-0.15, -0.1) is 0 Å². The van der Waals surface area contributed by atoms with Crippen molar-refractivity contribution in [2.45, 2.75) is 0 Å². The lowest BCUT2D eigenvalue weighted by Gasteiger charge is -1.96.